The van der Waals surface area contributed by atoms with Crippen LogP contribution in [0.1, 0.15) is 79.6 Å². The number of allylic oxidation sites excluding steroid dienone is 2. The van der Waals surface area contributed by atoms with Gasteiger partial charge in [0.25, 0.3) is 0 Å². The molecule has 2 rings (SSSR count). The first kappa shape index (κ1) is 22.4. The van der Waals surface area contributed by atoms with Crippen LogP contribution in [0.15, 0.2) is 23.8 Å². The van der Waals surface area contributed by atoms with E-state index in [1.165, 1.54) is 31.3 Å². The summed E-state index contributed by atoms with van der Waals surface area (Å²) in [5.74, 6) is 1.20. The molecule has 154 valence electrons. The van der Waals surface area contributed by atoms with E-state index in [9.17, 15) is 4.79 Å². The van der Waals surface area contributed by atoms with Crippen molar-refractivity contribution in [2.24, 2.45) is 22.7 Å². The zero-order valence-electron chi connectivity index (χ0n) is 18.2. The fourth-order valence-corrected chi connectivity index (χ4v) is 5.89. The molecule has 0 spiro atoms. The van der Waals surface area contributed by atoms with E-state index < -0.39 is 0 Å². The summed E-state index contributed by atoms with van der Waals surface area (Å²) in [6, 6.07) is 0. The lowest BCUT2D eigenvalue weighted by atomic mass is 9.47. The van der Waals surface area contributed by atoms with E-state index in [1.807, 2.05) is 13.8 Å². The van der Waals surface area contributed by atoms with Crippen LogP contribution in [-0.4, -0.2) is 25.8 Å². The second-order valence-electron chi connectivity index (χ2n) is 9.33. The van der Waals surface area contributed by atoms with Gasteiger partial charge in [-0.2, -0.15) is 0 Å². The van der Waals surface area contributed by atoms with Crippen LogP contribution in [0.2, 0.25) is 0 Å². The maximum Gasteiger partial charge on any atom is 0.161 e. The summed E-state index contributed by atoms with van der Waals surface area (Å²) in [7, 11) is 0. The number of fused-ring (bicyclic) bond motifs is 1. The summed E-state index contributed by atoms with van der Waals surface area (Å²) in [4.78, 5) is 11.7. The molecule has 2 saturated carbocycles. The minimum atomic E-state index is -0.331. The van der Waals surface area contributed by atoms with Crippen molar-refractivity contribution >= 4 is 6.29 Å². The Morgan fingerprint density at radius 3 is 2.48 bits per heavy atom. The largest absolute Gasteiger partial charge is 0.353 e. The molecule has 2 aliphatic carbocycles. The Balaban J connectivity index is 2.15. The minimum Gasteiger partial charge on any atom is -0.353 e. The monoisotopic (exact) mass is 376 g/mol. The van der Waals surface area contributed by atoms with Gasteiger partial charge in [0, 0.05) is 19.6 Å². The third-order valence-corrected chi connectivity index (χ3v) is 7.19. The van der Waals surface area contributed by atoms with E-state index in [2.05, 4.69) is 33.4 Å². The molecule has 0 aromatic heterocycles. The first-order valence-electron chi connectivity index (χ1n) is 10.8. The standard InChI is InChI=1S/C24H40O3/c1-7-26-22(27-8-2)16-19(17-25)11-12-20-18(3)10-13-21-23(4,5)14-9-15-24(20,21)6/h11,17,20-22H,3,7-10,12-16H2,1-2,4-6H3/b19-11+/t20-,21-,24+/m0/s1. The third-order valence-electron chi connectivity index (χ3n) is 7.19. The highest BCUT2D eigenvalue weighted by molar-refractivity contribution is 5.73. The average molecular weight is 377 g/mol. The van der Waals surface area contributed by atoms with E-state index in [1.54, 1.807) is 0 Å². The zero-order chi connectivity index (χ0) is 20.1. The maximum atomic E-state index is 11.7. The van der Waals surface area contributed by atoms with E-state index in [4.69, 9.17) is 9.47 Å². The van der Waals surface area contributed by atoms with Crippen molar-refractivity contribution in [1.29, 1.82) is 0 Å². The molecule has 2 fully saturated rings. The average Bonchev–Trinajstić information content (AvgIpc) is 2.59. The lowest BCUT2D eigenvalue weighted by Crippen LogP contribution is -2.49. The molecule has 2 aliphatic rings. The lowest BCUT2D eigenvalue weighted by Gasteiger charge is -2.58. The molecule has 0 aliphatic heterocycles. The summed E-state index contributed by atoms with van der Waals surface area (Å²) in [5.41, 5.74) is 2.86. The number of hydrogen-bond acceptors (Lipinski definition) is 3. The van der Waals surface area contributed by atoms with Crippen molar-refractivity contribution in [3.05, 3.63) is 23.8 Å². The second-order valence-corrected chi connectivity index (χ2v) is 9.33. The van der Waals surface area contributed by atoms with Gasteiger partial charge in [0.1, 0.15) is 6.29 Å². The molecule has 3 heteroatoms. The van der Waals surface area contributed by atoms with Crippen molar-refractivity contribution in [3.63, 3.8) is 0 Å². The van der Waals surface area contributed by atoms with E-state index in [0.717, 1.165) is 30.6 Å². The Morgan fingerprint density at radius 1 is 1.22 bits per heavy atom. The third kappa shape index (κ3) is 5.12. The summed E-state index contributed by atoms with van der Waals surface area (Å²) >= 11 is 0. The predicted molar refractivity (Wildman–Crippen MR) is 112 cm³/mol. The van der Waals surface area contributed by atoms with E-state index >= 15 is 0 Å². The van der Waals surface area contributed by atoms with Crippen LogP contribution in [0.25, 0.3) is 0 Å². The minimum absolute atomic E-state index is 0.292. The van der Waals surface area contributed by atoms with Crippen LogP contribution < -0.4 is 0 Å². The van der Waals surface area contributed by atoms with Gasteiger partial charge in [-0.3, -0.25) is 4.79 Å². The molecular weight excluding hydrogens is 336 g/mol. The molecule has 0 unspecified atom stereocenters. The highest BCUT2D eigenvalue weighted by Crippen LogP contribution is 2.61. The molecule has 0 heterocycles. The number of carbonyl (C=O) groups is 1. The molecule has 3 nitrogen and oxygen atoms in total. The molecule has 0 amide bonds. The Labute approximate surface area is 166 Å². The molecule has 0 aromatic carbocycles. The number of hydrogen-bond donors (Lipinski definition) is 0. The highest BCUT2D eigenvalue weighted by Gasteiger charge is 2.52. The van der Waals surface area contributed by atoms with Crippen molar-refractivity contribution in [1.82, 2.24) is 0 Å². The van der Waals surface area contributed by atoms with Crippen molar-refractivity contribution in [2.45, 2.75) is 85.9 Å². The van der Waals surface area contributed by atoms with Crippen LogP contribution in [0, 0.1) is 22.7 Å². The van der Waals surface area contributed by atoms with Gasteiger partial charge >= 0.3 is 0 Å². The summed E-state index contributed by atoms with van der Waals surface area (Å²) < 4.78 is 11.2. The van der Waals surface area contributed by atoms with Crippen LogP contribution in [0.4, 0.5) is 0 Å². The Hall–Kier alpha value is -0.930. The quantitative estimate of drug-likeness (QED) is 0.211. The van der Waals surface area contributed by atoms with Gasteiger partial charge in [-0.25, -0.2) is 0 Å². The van der Waals surface area contributed by atoms with Gasteiger partial charge in [-0.1, -0.05) is 45.4 Å². The number of carbonyl (C=O) groups excluding carboxylic acids is 1. The van der Waals surface area contributed by atoms with Crippen molar-refractivity contribution in [2.75, 3.05) is 13.2 Å². The first-order chi connectivity index (χ1) is 12.8. The Kier molecular flexibility index (Phi) is 7.88. The van der Waals surface area contributed by atoms with Crippen LogP contribution in [0.5, 0.6) is 0 Å². The molecule has 3 atom stereocenters. The highest BCUT2D eigenvalue weighted by atomic mass is 16.7. The summed E-state index contributed by atoms with van der Waals surface area (Å²) in [6.07, 6.45) is 10.5. The molecule has 0 radical (unpaired) electrons. The Bertz CT molecular complexity index is 542. The molecule has 0 bridgehead atoms. The summed E-state index contributed by atoms with van der Waals surface area (Å²) in [5, 5.41) is 0. The predicted octanol–water partition coefficient (Wildman–Crippen LogP) is 6.09. The normalized spacial score (nSPS) is 31.0. The lowest BCUT2D eigenvalue weighted by molar-refractivity contribution is -0.136. The molecule has 27 heavy (non-hydrogen) atoms. The van der Waals surface area contributed by atoms with Gasteiger partial charge in [0.15, 0.2) is 6.29 Å². The van der Waals surface area contributed by atoms with Gasteiger partial charge < -0.3 is 9.47 Å². The molecule has 0 aromatic rings. The van der Waals surface area contributed by atoms with E-state index in [-0.39, 0.29) is 6.29 Å². The number of rotatable bonds is 9. The maximum absolute atomic E-state index is 11.7. The SMILES string of the molecule is C=C1CC[C@H]2C(C)(C)CCC[C@]2(C)[C@H]1C/C=C(/C=O)CC(OCC)OCC. The van der Waals surface area contributed by atoms with Crippen molar-refractivity contribution in [3.8, 4) is 0 Å². The van der Waals surface area contributed by atoms with Gasteiger partial charge in [-0.05, 0) is 74.2 Å². The zero-order valence-corrected chi connectivity index (χ0v) is 18.2. The first-order valence-corrected chi connectivity index (χ1v) is 10.8. The second kappa shape index (κ2) is 9.52. The van der Waals surface area contributed by atoms with Crippen molar-refractivity contribution < 1.29 is 14.3 Å². The van der Waals surface area contributed by atoms with Crippen LogP contribution in [0.3, 0.4) is 0 Å². The Morgan fingerprint density at radius 2 is 1.89 bits per heavy atom. The smallest absolute Gasteiger partial charge is 0.161 e. The number of ether oxygens (including phenoxy) is 2. The van der Waals surface area contributed by atoms with Crippen LogP contribution in [-0.2, 0) is 14.3 Å². The number of aldehydes is 1. The van der Waals surface area contributed by atoms with Gasteiger partial charge in [-0.15, -0.1) is 0 Å². The molecule has 0 N–H and O–H groups in total. The molecular formula is C24H40O3. The summed E-state index contributed by atoms with van der Waals surface area (Å²) in [6.45, 7) is 16.9. The van der Waals surface area contributed by atoms with Gasteiger partial charge in [0.05, 0.1) is 0 Å². The van der Waals surface area contributed by atoms with Crippen LogP contribution >= 0.6 is 0 Å². The topological polar surface area (TPSA) is 35.5 Å². The van der Waals surface area contributed by atoms with Gasteiger partial charge in [0.2, 0.25) is 0 Å². The fourth-order valence-electron chi connectivity index (χ4n) is 5.89. The molecule has 0 saturated heterocycles. The fraction of sp³-hybridized carbons (Fsp3) is 0.792. The van der Waals surface area contributed by atoms with E-state index in [0.29, 0.717) is 36.4 Å².